The van der Waals surface area contributed by atoms with Crippen molar-refractivity contribution in [1.29, 1.82) is 0 Å². The maximum atomic E-state index is 13.1. The van der Waals surface area contributed by atoms with Crippen LogP contribution in [0.5, 0.6) is 0 Å². The van der Waals surface area contributed by atoms with Crippen LogP contribution in [0, 0.1) is 12.8 Å². The van der Waals surface area contributed by atoms with E-state index < -0.39 is 0 Å². The Labute approximate surface area is 200 Å². The number of pyridine rings is 1. The van der Waals surface area contributed by atoms with Crippen LogP contribution in [-0.4, -0.2) is 56.7 Å². The average Bonchev–Trinajstić information content (AvgIpc) is 3.26. The molecule has 7 nitrogen and oxygen atoms in total. The van der Waals surface area contributed by atoms with Crippen LogP contribution in [0.3, 0.4) is 0 Å². The second kappa shape index (κ2) is 9.02. The highest BCUT2D eigenvalue weighted by molar-refractivity contribution is 6.00. The van der Waals surface area contributed by atoms with Gasteiger partial charge >= 0.3 is 6.03 Å². The van der Waals surface area contributed by atoms with E-state index in [-0.39, 0.29) is 12.1 Å². The van der Waals surface area contributed by atoms with E-state index in [0.717, 1.165) is 58.0 Å². The van der Waals surface area contributed by atoms with E-state index in [1.54, 1.807) is 0 Å². The number of nitrogens with zero attached hydrogens (tertiary/aromatic N) is 4. The van der Waals surface area contributed by atoms with Gasteiger partial charge in [-0.15, -0.1) is 0 Å². The van der Waals surface area contributed by atoms with E-state index in [1.165, 1.54) is 51.6 Å². The number of H-pyrrole nitrogens is 1. The van der Waals surface area contributed by atoms with Crippen LogP contribution in [0.25, 0.3) is 22.2 Å². The van der Waals surface area contributed by atoms with Gasteiger partial charge in [-0.2, -0.15) is 5.10 Å². The van der Waals surface area contributed by atoms with Gasteiger partial charge in [0.05, 0.1) is 5.52 Å². The van der Waals surface area contributed by atoms with Crippen molar-refractivity contribution in [3.05, 3.63) is 41.7 Å². The van der Waals surface area contributed by atoms with Crippen LogP contribution in [0.4, 0.5) is 10.5 Å². The normalized spacial score (nSPS) is 22.1. The number of nitrogens with one attached hydrogen (secondary N) is 2. The molecule has 1 saturated carbocycles. The van der Waals surface area contributed by atoms with Gasteiger partial charge in [-0.1, -0.05) is 19.3 Å². The van der Waals surface area contributed by atoms with Crippen molar-refractivity contribution < 1.29 is 4.79 Å². The molecule has 6 rings (SSSR count). The highest BCUT2D eigenvalue weighted by Crippen LogP contribution is 2.35. The molecule has 0 radical (unpaired) electrons. The number of likely N-dealkylation sites (tertiary alicyclic amines) is 1. The topological polar surface area (TPSA) is 77.2 Å². The summed E-state index contributed by atoms with van der Waals surface area (Å²) in [6, 6.07) is 8.59. The van der Waals surface area contributed by atoms with Gasteiger partial charge in [-0.3, -0.25) is 10.1 Å². The predicted octanol–water partition coefficient (Wildman–Crippen LogP) is 5.33. The molecule has 1 aromatic carbocycles. The summed E-state index contributed by atoms with van der Waals surface area (Å²) in [5, 5.41) is 12.0. The third-order valence-corrected chi connectivity index (χ3v) is 7.96. The van der Waals surface area contributed by atoms with Gasteiger partial charge in [0.25, 0.3) is 0 Å². The fraction of sp³-hybridized carbons (Fsp3) is 0.519. The first-order chi connectivity index (χ1) is 16.6. The molecule has 0 bridgehead atoms. The molecule has 2 amide bonds. The smallest absolute Gasteiger partial charge is 0.316 e. The molecule has 3 aromatic rings. The molecule has 1 saturated heterocycles. The van der Waals surface area contributed by atoms with Gasteiger partial charge in [0.15, 0.2) is 0 Å². The van der Waals surface area contributed by atoms with Crippen molar-refractivity contribution in [1.82, 2.24) is 25.0 Å². The summed E-state index contributed by atoms with van der Waals surface area (Å²) in [6.07, 6.45) is 11.0. The predicted molar refractivity (Wildman–Crippen MR) is 135 cm³/mol. The number of aromatic nitrogens is 3. The Bertz CT molecular complexity index is 1200. The summed E-state index contributed by atoms with van der Waals surface area (Å²) >= 11 is 0. The number of aromatic amines is 1. The van der Waals surface area contributed by atoms with Gasteiger partial charge < -0.3 is 15.1 Å². The van der Waals surface area contributed by atoms with E-state index >= 15 is 0 Å². The van der Waals surface area contributed by atoms with Crippen LogP contribution in [0.1, 0.15) is 56.2 Å². The lowest BCUT2D eigenvalue weighted by molar-refractivity contribution is 0.0959. The van der Waals surface area contributed by atoms with Gasteiger partial charge in [-0.25, -0.2) is 4.79 Å². The maximum absolute atomic E-state index is 13.1. The first-order valence-corrected chi connectivity index (χ1v) is 12.9. The lowest BCUT2D eigenvalue weighted by Crippen LogP contribution is -2.53. The number of urea groups is 1. The zero-order chi connectivity index (χ0) is 23.1. The molecule has 34 heavy (non-hydrogen) atoms. The standard InChI is InChI=1S/C27H34N6O/c1-18-12-20(9-10-28-18)26-23-13-21-16-33(27(34)29-24(21)14-25(23)30-31-26)22-8-5-11-32(17-22)15-19-6-3-2-4-7-19/h9-10,12-14,19,22H,2-8,11,15-17H2,1H3,(H,29,34)(H,30,31)/t22-/m1/s1. The third-order valence-electron chi connectivity index (χ3n) is 7.96. The number of amides is 2. The Morgan fingerprint density at radius 1 is 1.09 bits per heavy atom. The number of anilines is 1. The number of rotatable bonds is 4. The second-order valence-corrected chi connectivity index (χ2v) is 10.4. The molecular formula is C27H34N6O. The molecule has 3 aliphatic rings. The molecule has 178 valence electrons. The van der Waals surface area contributed by atoms with Crippen LogP contribution in [0.2, 0.25) is 0 Å². The van der Waals surface area contributed by atoms with E-state index in [2.05, 4.69) is 42.4 Å². The van der Waals surface area contributed by atoms with E-state index in [1.807, 2.05) is 25.3 Å². The Balaban J connectivity index is 1.23. The molecule has 0 unspecified atom stereocenters. The fourth-order valence-corrected chi connectivity index (χ4v) is 6.19. The Hall–Kier alpha value is -2.93. The van der Waals surface area contributed by atoms with E-state index in [4.69, 9.17) is 0 Å². The van der Waals surface area contributed by atoms with Crippen LogP contribution in [0.15, 0.2) is 30.5 Å². The number of hydrogen-bond acceptors (Lipinski definition) is 4. The van der Waals surface area contributed by atoms with Crippen molar-refractivity contribution >= 4 is 22.6 Å². The van der Waals surface area contributed by atoms with Crippen molar-refractivity contribution in [3.8, 4) is 11.3 Å². The number of aryl methyl sites for hydroxylation is 1. The number of fused-ring (bicyclic) bond motifs is 2. The first-order valence-electron chi connectivity index (χ1n) is 12.9. The largest absolute Gasteiger partial charge is 0.322 e. The summed E-state index contributed by atoms with van der Waals surface area (Å²) < 4.78 is 0. The van der Waals surface area contributed by atoms with Gasteiger partial charge in [0.1, 0.15) is 5.69 Å². The Morgan fingerprint density at radius 3 is 2.82 bits per heavy atom. The van der Waals surface area contributed by atoms with Crippen LogP contribution < -0.4 is 5.32 Å². The van der Waals surface area contributed by atoms with E-state index in [0.29, 0.717) is 6.54 Å². The molecule has 1 atom stereocenters. The molecule has 2 N–H and O–H groups in total. The summed E-state index contributed by atoms with van der Waals surface area (Å²) in [5.41, 5.74) is 5.95. The summed E-state index contributed by atoms with van der Waals surface area (Å²) in [4.78, 5) is 22.1. The van der Waals surface area contributed by atoms with Crippen molar-refractivity contribution in [2.24, 2.45) is 5.92 Å². The molecule has 4 heterocycles. The summed E-state index contributed by atoms with van der Waals surface area (Å²) in [7, 11) is 0. The number of hydrogen-bond donors (Lipinski definition) is 2. The third kappa shape index (κ3) is 4.17. The van der Waals surface area contributed by atoms with Crippen molar-refractivity contribution in [2.45, 2.75) is 64.5 Å². The highest BCUT2D eigenvalue weighted by atomic mass is 16.2. The minimum Gasteiger partial charge on any atom is -0.316 e. The number of carbonyl (C=O) groups excluding carboxylic acids is 1. The lowest BCUT2D eigenvalue weighted by atomic mass is 9.88. The monoisotopic (exact) mass is 458 g/mol. The molecular weight excluding hydrogens is 424 g/mol. The molecule has 2 aliphatic heterocycles. The average molecular weight is 459 g/mol. The summed E-state index contributed by atoms with van der Waals surface area (Å²) in [6.45, 7) is 6.01. The number of carbonyl (C=O) groups is 1. The van der Waals surface area contributed by atoms with Crippen LogP contribution >= 0.6 is 0 Å². The minimum atomic E-state index is 0.0286. The SMILES string of the molecule is Cc1cc(-c2n[nH]c3cc4c(cc23)CN([C@@H]2CCCN(CC3CCCCC3)C2)C(=O)N4)ccn1. The molecule has 7 heteroatoms. The first kappa shape index (κ1) is 21.6. The zero-order valence-corrected chi connectivity index (χ0v) is 20.0. The molecule has 0 spiro atoms. The maximum Gasteiger partial charge on any atom is 0.322 e. The van der Waals surface area contributed by atoms with Gasteiger partial charge in [0.2, 0.25) is 0 Å². The quantitative estimate of drug-likeness (QED) is 0.554. The molecule has 2 aromatic heterocycles. The number of piperidine rings is 1. The van der Waals surface area contributed by atoms with Gasteiger partial charge in [-0.05, 0) is 74.9 Å². The second-order valence-electron chi connectivity index (χ2n) is 10.4. The van der Waals surface area contributed by atoms with Crippen LogP contribution in [-0.2, 0) is 6.54 Å². The van der Waals surface area contributed by atoms with Crippen molar-refractivity contribution in [2.75, 3.05) is 25.0 Å². The fourth-order valence-electron chi connectivity index (χ4n) is 6.19. The lowest BCUT2D eigenvalue weighted by Gasteiger charge is -2.42. The van der Waals surface area contributed by atoms with Gasteiger partial charge in [0, 0.05) is 54.2 Å². The highest BCUT2D eigenvalue weighted by Gasteiger charge is 2.33. The molecule has 2 fully saturated rings. The number of benzene rings is 1. The van der Waals surface area contributed by atoms with E-state index in [9.17, 15) is 4.79 Å². The Kier molecular flexibility index (Phi) is 5.73. The zero-order valence-electron chi connectivity index (χ0n) is 20.0. The molecule has 1 aliphatic carbocycles. The minimum absolute atomic E-state index is 0.0286. The Morgan fingerprint density at radius 2 is 1.97 bits per heavy atom. The van der Waals surface area contributed by atoms with Crippen molar-refractivity contribution in [3.63, 3.8) is 0 Å². The summed E-state index contributed by atoms with van der Waals surface area (Å²) in [5.74, 6) is 0.841.